The number of hydrogen-bond donors (Lipinski definition) is 2. The molecule has 23 heavy (non-hydrogen) atoms. The molecule has 0 aromatic carbocycles. The standard InChI is InChI=1S/C15H15N5O2S/c21-12(10-3-4-11-18-19-14(22)20(11)9-10)17-15(5-1-2-6-15)13-16-7-8-23-13/h3-4,7-9H,1-2,5-6H2,(H,17,21)(H,19,22). The van der Waals surface area contributed by atoms with E-state index in [1.165, 1.54) is 10.6 Å². The maximum absolute atomic E-state index is 12.7. The monoisotopic (exact) mass is 329 g/mol. The van der Waals surface area contributed by atoms with Gasteiger partial charge in [0, 0.05) is 17.8 Å². The van der Waals surface area contributed by atoms with E-state index in [0.717, 1.165) is 30.7 Å². The minimum Gasteiger partial charge on any atom is -0.340 e. The molecule has 8 heteroatoms. The first-order valence-corrected chi connectivity index (χ1v) is 8.35. The van der Waals surface area contributed by atoms with Crippen LogP contribution in [0.5, 0.6) is 0 Å². The molecule has 1 aliphatic carbocycles. The number of pyridine rings is 1. The van der Waals surface area contributed by atoms with Crippen LogP contribution in [0.3, 0.4) is 0 Å². The number of fused-ring (bicyclic) bond motifs is 1. The lowest BCUT2D eigenvalue weighted by atomic mass is 9.98. The first-order chi connectivity index (χ1) is 11.2. The van der Waals surface area contributed by atoms with E-state index >= 15 is 0 Å². The lowest BCUT2D eigenvalue weighted by molar-refractivity contribution is 0.0897. The number of aromatic nitrogens is 4. The van der Waals surface area contributed by atoms with Gasteiger partial charge in [-0.2, -0.15) is 5.10 Å². The van der Waals surface area contributed by atoms with E-state index < -0.39 is 0 Å². The summed E-state index contributed by atoms with van der Waals surface area (Å²) in [5, 5.41) is 12.3. The SMILES string of the molecule is O=C(NC1(c2nccs2)CCCC1)c1ccc2n[nH]c(=O)n2c1. The van der Waals surface area contributed by atoms with Gasteiger partial charge in [0.1, 0.15) is 5.01 Å². The Hall–Kier alpha value is -2.48. The zero-order valence-corrected chi connectivity index (χ0v) is 13.1. The quantitative estimate of drug-likeness (QED) is 0.764. The van der Waals surface area contributed by atoms with Crippen molar-refractivity contribution in [1.29, 1.82) is 0 Å². The van der Waals surface area contributed by atoms with Crippen LogP contribution < -0.4 is 11.0 Å². The predicted molar refractivity (Wildman–Crippen MR) is 85.5 cm³/mol. The van der Waals surface area contributed by atoms with E-state index in [1.807, 2.05) is 5.38 Å². The van der Waals surface area contributed by atoms with Crippen molar-refractivity contribution in [2.45, 2.75) is 31.2 Å². The summed E-state index contributed by atoms with van der Waals surface area (Å²) < 4.78 is 1.33. The van der Waals surface area contributed by atoms with Gasteiger partial charge in [-0.05, 0) is 25.0 Å². The fraction of sp³-hybridized carbons (Fsp3) is 0.333. The van der Waals surface area contributed by atoms with E-state index in [0.29, 0.717) is 11.2 Å². The molecule has 0 saturated heterocycles. The normalized spacial score (nSPS) is 16.7. The molecule has 1 aliphatic rings. The second-order valence-electron chi connectivity index (χ2n) is 5.76. The smallest absolute Gasteiger partial charge is 0.340 e. The summed E-state index contributed by atoms with van der Waals surface area (Å²) in [5.74, 6) is -0.197. The van der Waals surface area contributed by atoms with Gasteiger partial charge in [0.2, 0.25) is 0 Å². The number of thiazole rings is 1. The van der Waals surface area contributed by atoms with Crippen LogP contribution in [-0.2, 0) is 5.54 Å². The molecule has 0 radical (unpaired) electrons. The minimum absolute atomic E-state index is 0.197. The van der Waals surface area contributed by atoms with E-state index in [2.05, 4.69) is 20.5 Å². The summed E-state index contributed by atoms with van der Waals surface area (Å²) in [6, 6.07) is 3.33. The highest BCUT2D eigenvalue weighted by Crippen LogP contribution is 2.39. The van der Waals surface area contributed by atoms with Crippen LogP contribution in [0.15, 0.2) is 34.7 Å². The van der Waals surface area contributed by atoms with Crippen molar-refractivity contribution in [2.24, 2.45) is 0 Å². The minimum atomic E-state index is -0.387. The zero-order chi connectivity index (χ0) is 15.9. The highest BCUT2D eigenvalue weighted by Gasteiger charge is 2.39. The molecule has 0 atom stereocenters. The highest BCUT2D eigenvalue weighted by molar-refractivity contribution is 7.09. The van der Waals surface area contributed by atoms with E-state index in [-0.39, 0.29) is 17.1 Å². The van der Waals surface area contributed by atoms with Crippen molar-refractivity contribution >= 4 is 22.9 Å². The lowest BCUT2D eigenvalue weighted by Crippen LogP contribution is -2.43. The second-order valence-corrected chi connectivity index (χ2v) is 6.65. The van der Waals surface area contributed by atoms with E-state index in [1.54, 1.807) is 29.7 Å². The van der Waals surface area contributed by atoms with Crippen LogP contribution in [0.2, 0.25) is 0 Å². The van der Waals surface area contributed by atoms with Crippen LogP contribution in [0.25, 0.3) is 5.65 Å². The zero-order valence-electron chi connectivity index (χ0n) is 12.3. The van der Waals surface area contributed by atoms with Crippen molar-refractivity contribution in [3.05, 3.63) is 51.0 Å². The van der Waals surface area contributed by atoms with Crippen molar-refractivity contribution in [2.75, 3.05) is 0 Å². The number of hydrogen-bond acceptors (Lipinski definition) is 5. The Balaban J connectivity index is 1.67. The Morgan fingerprint density at radius 3 is 2.91 bits per heavy atom. The van der Waals surface area contributed by atoms with Gasteiger partial charge in [0.15, 0.2) is 5.65 Å². The van der Waals surface area contributed by atoms with E-state index in [9.17, 15) is 9.59 Å². The van der Waals surface area contributed by atoms with Crippen LogP contribution >= 0.6 is 11.3 Å². The Labute approximate surface area is 135 Å². The molecule has 2 N–H and O–H groups in total. The first kappa shape index (κ1) is 14.1. The molecule has 1 amide bonds. The summed E-state index contributed by atoms with van der Waals surface area (Å²) in [6.07, 6.45) is 7.20. The van der Waals surface area contributed by atoms with Crippen LogP contribution in [0, 0.1) is 0 Å². The fourth-order valence-corrected chi connectivity index (χ4v) is 4.01. The molecule has 118 valence electrons. The average molecular weight is 329 g/mol. The number of aromatic amines is 1. The van der Waals surface area contributed by atoms with Gasteiger partial charge in [0.25, 0.3) is 5.91 Å². The van der Waals surface area contributed by atoms with Crippen LogP contribution in [0.4, 0.5) is 0 Å². The van der Waals surface area contributed by atoms with Crippen LogP contribution in [0.1, 0.15) is 41.0 Å². The summed E-state index contributed by atoms with van der Waals surface area (Å²) in [5.41, 5.74) is 0.178. The number of amides is 1. The maximum atomic E-state index is 12.7. The van der Waals surface area contributed by atoms with Gasteiger partial charge in [-0.15, -0.1) is 11.3 Å². The van der Waals surface area contributed by atoms with Gasteiger partial charge >= 0.3 is 5.69 Å². The molecule has 3 heterocycles. The van der Waals surface area contributed by atoms with Crippen molar-refractivity contribution in [3.63, 3.8) is 0 Å². The van der Waals surface area contributed by atoms with Gasteiger partial charge in [-0.1, -0.05) is 12.8 Å². The van der Waals surface area contributed by atoms with Crippen LogP contribution in [-0.4, -0.2) is 25.5 Å². The molecule has 4 rings (SSSR count). The molecular weight excluding hydrogens is 314 g/mol. The molecule has 1 fully saturated rings. The molecule has 3 aromatic heterocycles. The predicted octanol–water partition coefficient (Wildman–Crippen LogP) is 1.68. The number of carbonyl (C=O) groups excluding carboxylic acids is 1. The van der Waals surface area contributed by atoms with Gasteiger partial charge in [0.05, 0.1) is 11.1 Å². The Kier molecular flexibility index (Phi) is 3.26. The molecule has 1 saturated carbocycles. The Bertz CT molecular complexity index is 905. The van der Waals surface area contributed by atoms with Crippen molar-refractivity contribution in [1.82, 2.24) is 24.9 Å². The second kappa shape index (κ2) is 5.31. The molecule has 3 aromatic rings. The van der Waals surface area contributed by atoms with E-state index in [4.69, 9.17) is 0 Å². The topological polar surface area (TPSA) is 92.2 Å². The summed E-state index contributed by atoms with van der Waals surface area (Å²) in [7, 11) is 0. The fourth-order valence-electron chi connectivity index (χ4n) is 3.16. The molecule has 0 aliphatic heterocycles. The molecule has 0 spiro atoms. The summed E-state index contributed by atoms with van der Waals surface area (Å²) in [6.45, 7) is 0. The van der Waals surface area contributed by atoms with Crippen molar-refractivity contribution in [3.8, 4) is 0 Å². The molecule has 0 unspecified atom stereocenters. The third-order valence-electron chi connectivity index (χ3n) is 4.33. The Morgan fingerprint density at radius 2 is 2.17 bits per heavy atom. The number of carbonyl (C=O) groups is 1. The molecule has 7 nitrogen and oxygen atoms in total. The number of H-pyrrole nitrogens is 1. The summed E-state index contributed by atoms with van der Waals surface area (Å²) in [4.78, 5) is 28.8. The lowest BCUT2D eigenvalue weighted by Gasteiger charge is -2.28. The number of nitrogens with one attached hydrogen (secondary N) is 2. The average Bonchev–Trinajstić information content (AvgIpc) is 3.28. The highest BCUT2D eigenvalue weighted by atomic mass is 32.1. The number of nitrogens with zero attached hydrogens (tertiary/aromatic N) is 3. The third kappa shape index (κ3) is 2.35. The maximum Gasteiger partial charge on any atom is 0.347 e. The van der Waals surface area contributed by atoms with Crippen molar-refractivity contribution < 1.29 is 4.79 Å². The van der Waals surface area contributed by atoms with Gasteiger partial charge < -0.3 is 5.32 Å². The summed E-state index contributed by atoms with van der Waals surface area (Å²) >= 11 is 1.57. The number of rotatable bonds is 3. The Morgan fingerprint density at radius 1 is 1.35 bits per heavy atom. The largest absolute Gasteiger partial charge is 0.347 e. The first-order valence-electron chi connectivity index (χ1n) is 7.47. The third-order valence-corrected chi connectivity index (χ3v) is 5.30. The van der Waals surface area contributed by atoms with Gasteiger partial charge in [-0.3, -0.25) is 4.79 Å². The van der Waals surface area contributed by atoms with Gasteiger partial charge in [-0.25, -0.2) is 19.3 Å². The molecule has 0 bridgehead atoms. The molecular formula is C15H15N5O2S.